The first-order chi connectivity index (χ1) is 13.4. The summed E-state index contributed by atoms with van der Waals surface area (Å²) >= 11 is 0. The first-order valence-corrected chi connectivity index (χ1v) is 10.4. The molecule has 1 amide bonds. The molecule has 1 aromatic carbocycles. The van der Waals surface area contributed by atoms with E-state index in [2.05, 4.69) is 15.0 Å². The summed E-state index contributed by atoms with van der Waals surface area (Å²) in [6.07, 6.45) is 3.85. The van der Waals surface area contributed by atoms with Crippen molar-refractivity contribution in [3.05, 3.63) is 54.2 Å². The lowest BCUT2D eigenvalue weighted by atomic mass is 10.1. The van der Waals surface area contributed by atoms with E-state index in [0.29, 0.717) is 19.5 Å². The Morgan fingerprint density at radius 1 is 1.29 bits per heavy atom. The van der Waals surface area contributed by atoms with Gasteiger partial charge < -0.3 is 10.2 Å². The third-order valence-corrected chi connectivity index (χ3v) is 6.16. The van der Waals surface area contributed by atoms with Gasteiger partial charge in [0.05, 0.1) is 5.92 Å². The van der Waals surface area contributed by atoms with Crippen LogP contribution in [-0.4, -0.2) is 37.3 Å². The summed E-state index contributed by atoms with van der Waals surface area (Å²) < 4.78 is 27.7. The van der Waals surface area contributed by atoms with Crippen molar-refractivity contribution in [1.29, 1.82) is 5.26 Å². The molecule has 1 saturated heterocycles. The number of carbonyl (C=O) groups excluding carboxylic acids is 1. The second-order valence-corrected chi connectivity index (χ2v) is 8.37. The molecule has 1 fully saturated rings. The lowest BCUT2D eigenvalue weighted by molar-refractivity contribution is -0.119. The highest BCUT2D eigenvalue weighted by Gasteiger charge is 2.28. The van der Waals surface area contributed by atoms with Gasteiger partial charge in [-0.25, -0.2) is 18.1 Å². The molecule has 2 atom stereocenters. The van der Waals surface area contributed by atoms with Crippen molar-refractivity contribution in [2.24, 2.45) is 5.92 Å². The molecule has 1 aromatic heterocycles. The predicted molar refractivity (Wildman–Crippen MR) is 103 cm³/mol. The Morgan fingerprint density at radius 3 is 2.64 bits per heavy atom. The van der Waals surface area contributed by atoms with E-state index in [1.54, 1.807) is 6.92 Å². The third kappa shape index (κ3) is 4.65. The summed E-state index contributed by atoms with van der Waals surface area (Å²) in [5.41, 5.74) is 0.853. The molecule has 9 heteroatoms. The average molecular weight is 399 g/mol. The molecule has 2 aromatic rings. The van der Waals surface area contributed by atoms with Gasteiger partial charge in [0.1, 0.15) is 10.7 Å². The van der Waals surface area contributed by atoms with E-state index in [1.165, 1.54) is 23.2 Å². The Kier molecular flexibility index (Phi) is 5.92. The summed E-state index contributed by atoms with van der Waals surface area (Å²) in [6.45, 7) is 2.71. The van der Waals surface area contributed by atoms with Gasteiger partial charge in [-0.05, 0) is 31.0 Å². The fraction of sp³-hybridized carbons (Fsp3) is 0.316. The van der Waals surface area contributed by atoms with Gasteiger partial charge in [-0.1, -0.05) is 30.3 Å². The predicted octanol–water partition coefficient (Wildman–Crippen LogP) is 1.86. The minimum atomic E-state index is -3.75. The molecule has 2 N–H and O–H groups in total. The first kappa shape index (κ1) is 19.8. The summed E-state index contributed by atoms with van der Waals surface area (Å²) in [7, 11) is -3.75. The second kappa shape index (κ2) is 8.37. The molecule has 0 spiro atoms. The van der Waals surface area contributed by atoms with Gasteiger partial charge >= 0.3 is 0 Å². The van der Waals surface area contributed by atoms with Crippen LogP contribution in [0.5, 0.6) is 0 Å². The molecule has 1 aliphatic rings. The molecular weight excluding hydrogens is 378 g/mol. The number of benzene rings is 1. The van der Waals surface area contributed by atoms with Crippen molar-refractivity contribution in [3.8, 4) is 6.19 Å². The van der Waals surface area contributed by atoms with Gasteiger partial charge in [0.15, 0.2) is 6.19 Å². The molecule has 8 nitrogen and oxygen atoms in total. The molecule has 3 rings (SSSR count). The van der Waals surface area contributed by atoms with Crippen LogP contribution < -0.4 is 10.0 Å². The Bertz CT molecular complexity index is 971. The van der Waals surface area contributed by atoms with Gasteiger partial charge in [-0.2, -0.15) is 5.26 Å². The lowest BCUT2D eigenvalue weighted by Crippen LogP contribution is -2.27. The number of amides is 1. The van der Waals surface area contributed by atoms with Gasteiger partial charge in [0, 0.05) is 25.3 Å². The van der Waals surface area contributed by atoms with E-state index >= 15 is 0 Å². The van der Waals surface area contributed by atoms with Crippen LogP contribution in [-0.2, 0) is 14.8 Å². The van der Waals surface area contributed by atoms with Crippen molar-refractivity contribution in [3.63, 3.8) is 0 Å². The molecule has 0 saturated carbocycles. The summed E-state index contributed by atoms with van der Waals surface area (Å²) in [4.78, 5) is 17.8. The zero-order valence-corrected chi connectivity index (χ0v) is 16.2. The Balaban J connectivity index is 1.63. The highest BCUT2D eigenvalue weighted by Crippen LogP contribution is 2.19. The number of likely N-dealkylation sites (tertiary alicyclic amines) is 1. The van der Waals surface area contributed by atoms with E-state index in [9.17, 15) is 13.2 Å². The number of hydrogen-bond donors (Lipinski definition) is 2. The Morgan fingerprint density at radius 2 is 2.04 bits per heavy atom. The van der Waals surface area contributed by atoms with E-state index < -0.39 is 16.1 Å². The molecule has 0 aliphatic carbocycles. The van der Waals surface area contributed by atoms with Crippen LogP contribution in [0.2, 0.25) is 0 Å². The Hall–Kier alpha value is -2.96. The van der Waals surface area contributed by atoms with Crippen LogP contribution in [0.15, 0.2) is 53.6 Å². The summed E-state index contributed by atoms with van der Waals surface area (Å²) in [5, 5.41) is 11.5. The highest BCUT2D eigenvalue weighted by molar-refractivity contribution is 7.89. The fourth-order valence-corrected chi connectivity index (χ4v) is 4.19. The van der Waals surface area contributed by atoms with Crippen molar-refractivity contribution in [2.75, 3.05) is 18.4 Å². The fourth-order valence-electron chi connectivity index (χ4n) is 3.02. The van der Waals surface area contributed by atoms with Gasteiger partial charge in [0.2, 0.25) is 15.9 Å². The minimum absolute atomic E-state index is 0.0183. The van der Waals surface area contributed by atoms with Crippen molar-refractivity contribution in [1.82, 2.24) is 14.6 Å². The standard InChI is InChI=1S/C19H21N5O3S/c1-14(15-5-3-2-4-6-15)23-28(26,27)17-7-8-18(21-11-17)22-19(25)16-9-10-24(12-16)13-20/h2-8,11,14,16,23H,9-10,12H2,1H3,(H,21,22,25)/t14?,16-/m0/s1. The SMILES string of the molecule is CC(NS(=O)(=O)c1ccc(NC(=O)[C@H]2CCN(C#N)C2)nc1)c1ccccc1. The van der Waals surface area contributed by atoms with Gasteiger partial charge in [-0.3, -0.25) is 4.79 Å². The molecule has 1 unspecified atom stereocenters. The number of nitrogens with zero attached hydrogens (tertiary/aromatic N) is 3. The second-order valence-electron chi connectivity index (χ2n) is 6.65. The molecule has 2 heterocycles. The highest BCUT2D eigenvalue weighted by atomic mass is 32.2. The number of sulfonamides is 1. The first-order valence-electron chi connectivity index (χ1n) is 8.88. The van der Waals surface area contributed by atoms with Gasteiger partial charge in [-0.15, -0.1) is 0 Å². The molecular formula is C19H21N5O3S. The van der Waals surface area contributed by atoms with Crippen LogP contribution in [0.25, 0.3) is 0 Å². The molecule has 0 bridgehead atoms. The monoisotopic (exact) mass is 399 g/mol. The van der Waals surface area contributed by atoms with Crippen LogP contribution in [0, 0.1) is 17.4 Å². The number of carbonyl (C=O) groups is 1. The van der Waals surface area contributed by atoms with Crippen LogP contribution in [0.4, 0.5) is 5.82 Å². The number of aromatic nitrogens is 1. The number of nitrogens with one attached hydrogen (secondary N) is 2. The van der Waals surface area contributed by atoms with Crippen molar-refractivity contribution in [2.45, 2.75) is 24.3 Å². The third-order valence-electron chi connectivity index (χ3n) is 4.63. The van der Waals surface area contributed by atoms with Crippen molar-refractivity contribution < 1.29 is 13.2 Å². The minimum Gasteiger partial charge on any atom is -0.310 e. The van der Waals surface area contributed by atoms with Crippen LogP contribution in [0.3, 0.4) is 0 Å². The van der Waals surface area contributed by atoms with E-state index in [4.69, 9.17) is 5.26 Å². The maximum absolute atomic E-state index is 12.6. The number of anilines is 1. The topological polar surface area (TPSA) is 115 Å². The van der Waals surface area contributed by atoms with Gasteiger partial charge in [0.25, 0.3) is 0 Å². The summed E-state index contributed by atoms with van der Waals surface area (Å²) in [6, 6.07) is 11.7. The molecule has 146 valence electrons. The van der Waals surface area contributed by atoms with Crippen LogP contribution >= 0.6 is 0 Å². The maximum atomic E-state index is 12.6. The average Bonchev–Trinajstić information content (AvgIpc) is 3.18. The number of rotatable bonds is 6. The van der Waals surface area contributed by atoms with E-state index in [-0.39, 0.29) is 22.5 Å². The smallest absolute Gasteiger partial charge is 0.242 e. The largest absolute Gasteiger partial charge is 0.310 e. The van der Waals surface area contributed by atoms with E-state index in [0.717, 1.165) is 5.56 Å². The molecule has 0 radical (unpaired) electrons. The molecule has 28 heavy (non-hydrogen) atoms. The quantitative estimate of drug-likeness (QED) is 0.717. The number of hydrogen-bond acceptors (Lipinski definition) is 6. The van der Waals surface area contributed by atoms with Crippen molar-refractivity contribution >= 4 is 21.7 Å². The van der Waals surface area contributed by atoms with E-state index in [1.807, 2.05) is 36.5 Å². The maximum Gasteiger partial charge on any atom is 0.242 e. The lowest BCUT2D eigenvalue weighted by Gasteiger charge is -2.15. The molecule has 1 aliphatic heterocycles. The van der Waals surface area contributed by atoms with Crippen LogP contribution in [0.1, 0.15) is 24.9 Å². The summed E-state index contributed by atoms with van der Waals surface area (Å²) in [5.74, 6) is -0.231. The normalized spacial score (nSPS) is 17.7. The zero-order chi connectivity index (χ0) is 20.1. The number of pyridine rings is 1. The zero-order valence-electron chi connectivity index (χ0n) is 15.4. The number of nitriles is 1. The Labute approximate surface area is 164 Å².